The molecule has 0 saturated carbocycles. The minimum Gasteiger partial charge on any atom is -0.360 e. The first-order valence-electron chi connectivity index (χ1n) is 9.55. The molecule has 0 atom stereocenters. The molecule has 0 unspecified atom stereocenters. The van der Waals surface area contributed by atoms with Gasteiger partial charge < -0.3 is 9.42 Å². The molecule has 29 heavy (non-hydrogen) atoms. The van der Waals surface area contributed by atoms with Gasteiger partial charge in [0.15, 0.2) is 5.76 Å². The molecular formula is C18H27N5O4S2. The monoisotopic (exact) mass is 441 g/mol. The van der Waals surface area contributed by atoms with E-state index in [9.17, 15) is 13.2 Å². The number of thiazole rings is 1. The molecule has 2 aromatic heterocycles. The van der Waals surface area contributed by atoms with Gasteiger partial charge in [-0.05, 0) is 27.3 Å². The molecule has 0 aromatic carbocycles. The van der Waals surface area contributed by atoms with Crippen LogP contribution in [0.3, 0.4) is 0 Å². The summed E-state index contributed by atoms with van der Waals surface area (Å²) in [6.45, 7) is 7.41. The lowest BCUT2D eigenvalue weighted by Gasteiger charge is -2.34. The average Bonchev–Trinajstić information content (AvgIpc) is 3.27. The number of hydrogen-bond donors (Lipinski definition) is 0. The van der Waals surface area contributed by atoms with E-state index in [-0.39, 0.29) is 36.2 Å². The Morgan fingerprint density at radius 1 is 1.28 bits per heavy atom. The topological polar surface area (TPSA) is 99.9 Å². The zero-order valence-electron chi connectivity index (χ0n) is 17.2. The van der Waals surface area contributed by atoms with Crippen LogP contribution in [0.1, 0.15) is 29.1 Å². The second-order valence-corrected chi connectivity index (χ2v) is 10.0. The van der Waals surface area contributed by atoms with E-state index >= 15 is 0 Å². The minimum absolute atomic E-state index is 0.00664. The minimum atomic E-state index is -3.67. The van der Waals surface area contributed by atoms with Crippen molar-refractivity contribution in [3.05, 3.63) is 27.5 Å². The molecule has 1 aliphatic rings. The van der Waals surface area contributed by atoms with Crippen LogP contribution in [0.4, 0.5) is 0 Å². The Bertz CT molecular complexity index is 941. The summed E-state index contributed by atoms with van der Waals surface area (Å²) >= 11 is 1.64. The Balaban J connectivity index is 1.54. The van der Waals surface area contributed by atoms with Gasteiger partial charge in [0.1, 0.15) is 10.6 Å². The molecule has 0 aliphatic carbocycles. The number of piperazine rings is 1. The fourth-order valence-electron chi connectivity index (χ4n) is 3.40. The highest BCUT2D eigenvalue weighted by Gasteiger charge is 2.34. The molecule has 0 spiro atoms. The van der Waals surface area contributed by atoms with Crippen molar-refractivity contribution in [1.29, 1.82) is 0 Å². The summed E-state index contributed by atoms with van der Waals surface area (Å²) in [6.07, 6.45) is 0.911. The number of carbonyl (C=O) groups is 1. The van der Waals surface area contributed by atoms with Crippen LogP contribution in [0.2, 0.25) is 0 Å². The molecule has 160 valence electrons. The number of aromatic nitrogens is 2. The zero-order chi connectivity index (χ0) is 21.2. The summed E-state index contributed by atoms with van der Waals surface area (Å²) in [5.74, 6) is 0.281. The van der Waals surface area contributed by atoms with Crippen molar-refractivity contribution in [3.8, 4) is 0 Å². The largest absolute Gasteiger partial charge is 0.360 e. The van der Waals surface area contributed by atoms with Crippen molar-refractivity contribution in [3.63, 3.8) is 0 Å². The van der Waals surface area contributed by atoms with Crippen molar-refractivity contribution in [2.24, 2.45) is 0 Å². The van der Waals surface area contributed by atoms with Gasteiger partial charge in [-0.2, -0.15) is 4.31 Å². The maximum atomic E-state index is 12.9. The Kier molecular flexibility index (Phi) is 6.72. The highest BCUT2D eigenvalue weighted by Crippen LogP contribution is 2.24. The lowest BCUT2D eigenvalue weighted by molar-refractivity contribution is -0.133. The molecule has 2 aromatic rings. The van der Waals surface area contributed by atoms with Crippen LogP contribution >= 0.6 is 11.3 Å². The van der Waals surface area contributed by atoms with Gasteiger partial charge in [0.2, 0.25) is 15.9 Å². The first-order valence-corrected chi connectivity index (χ1v) is 11.9. The number of rotatable bonds is 7. The molecule has 1 aliphatic heterocycles. The third kappa shape index (κ3) is 4.85. The van der Waals surface area contributed by atoms with E-state index in [0.717, 1.165) is 17.1 Å². The zero-order valence-corrected chi connectivity index (χ0v) is 18.8. The molecule has 3 heterocycles. The van der Waals surface area contributed by atoms with Crippen molar-refractivity contribution in [1.82, 2.24) is 24.2 Å². The number of carbonyl (C=O) groups excluding carboxylic acids is 1. The van der Waals surface area contributed by atoms with Gasteiger partial charge in [-0.25, -0.2) is 13.4 Å². The summed E-state index contributed by atoms with van der Waals surface area (Å²) in [6, 6.07) is 0. The molecule has 0 radical (unpaired) electrons. The van der Waals surface area contributed by atoms with Crippen LogP contribution < -0.4 is 0 Å². The van der Waals surface area contributed by atoms with E-state index < -0.39 is 10.0 Å². The quantitative estimate of drug-likeness (QED) is 0.638. The smallest absolute Gasteiger partial charge is 0.248 e. The normalized spacial score (nSPS) is 16.0. The predicted molar refractivity (Wildman–Crippen MR) is 109 cm³/mol. The van der Waals surface area contributed by atoms with Crippen LogP contribution in [0.25, 0.3) is 0 Å². The molecule has 0 bridgehead atoms. The number of sulfonamides is 1. The maximum Gasteiger partial charge on any atom is 0.248 e. The molecule has 1 fully saturated rings. The number of aryl methyl sites for hydroxylation is 3. The lowest BCUT2D eigenvalue weighted by Crippen LogP contribution is -2.52. The van der Waals surface area contributed by atoms with Crippen molar-refractivity contribution in [2.45, 2.75) is 38.6 Å². The van der Waals surface area contributed by atoms with Crippen LogP contribution in [-0.4, -0.2) is 78.3 Å². The van der Waals surface area contributed by atoms with Crippen LogP contribution in [0, 0.1) is 13.8 Å². The Morgan fingerprint density at radius 2 is 1.97 bits per heavy atom. The van der Waals surface area contributed by atoms with Gasteiger partial charge >= 0.3 is 0 Å². The van der Waals surface area contributed by atoms with E-state index in [1.165, 1.54) is 4.31 Å². The maximum absolute atomic E-state index is 12.9. The standard InChI is InChI=1S/C18H27N5O4S2/c1-5-16-19-15(12-28-16)10-21(4)11-17(24)22-6-8-23(9-7-22)29(25,26)18-13(2)20-27-14(18)3/h12H,5-11H2,1-4H3. The van der Waals surface area contributed by atoms with E-state index in [0.29, 0.717) is 25.3 Å². The van der Waals surface area contributed by atoms with Crippen molar-refractivity contribution < 1.29 is 17.7 Å². The fraction of sp³-hybridized carbons (Fsp3) is 0.611. The van der Waals surface area contributed by atoms with Gasteiger partial charge in [0.25, 0.3) is 0 Å². The number of likely N-dealkylation sites (N-methyl/N-ethyl adjacent to an activating group) is 1. The summed E-state index contributed by atoms with van der Waals surface area (Å²) in [4.78, 5) is 20.9. The lowest BCUT2D eigenvalue weighted by atomic mass is 10.3. The van der Waals surface area contributed by atoms with Gasteiger partial charge in [-0.1, -0.05) is 12.1 Å². The van der Waals surface area contributed by atoms with Crippen molar-refractivity contribution >= 4 is 27.3 Å². The van der Waals surface area contributed by atoms with Gasteiger partial charge in [0, 0.05) is 38.1 Å². The number of hydrogen-bond acceptors (Lipinski definition) is 8. The Hall–Kier alpha value is -1.82. The summed E-state index contributed by atoms with van der Waals surface area (Å²) in [5, 5.41) is 6.86. The second-order valence-electron chi connectivity index (χ2n) is 7.20. The number of amides is 1. The van der Waals surface area contributed by atoms with Crippen LogP contribution in [-0.2, 0) is 27.8 Å². The van der Waals surface area contributed by atoms with Gasteiger partial charge in [-0.3, -0.25) is 9.69 Å². The molecule has 9 nitrogen and oxygen atoms in total. The van der Waals surface area contributed by atoms with Gasteiger partial charge in [-0.15, -0.1) is 11.3 Å². The first-order chi connectivity index (χ1) is 13.7. The van der Waals surface area contributed by atoms with E-state index in [1.54, 1.807) is 30.1 Å². The third-order valence-electron chi connectivity index (χ3n) is 4.90. The molecule has 1 saturated heterocycles. The van der Waals surface area contributed by atoms with E-state index in [2.05, 4.69) is 17.1 Å². The summed E-state index contributed by atoms with van der Waals surface area (Å²) in [5.41, 5.74) is 1.33. The average molecular weight is 442 g/mol. The molecule has 0 N–H and O–H groups in total. The van der Waals surface area contributed by atoms with Crippen LogP contribution in [0.15, 0.2) is 14.8 Å². The third-order valence-corrected chi connectivity index (χ3v) is 8.08. The highest BCUT2D eigenvalue weighted by atomic mass is 32.2. The summed E-state index contributed by atoms with van der Waals surface area (Å²) < 4.78 is 32.2. The predicted octanol–water partition coefficient (Wildman–Crippen LogP) is 1.28. The van der Waals surface area contributed by atoms with Crippen molar-refractivity contribution in [2.75, 3.05) is 39.8 Å². The van der Waals surface area contributed by atoms with Crippen LogP contribution in [0.5, 0.6) is 0 Å². The van der Waals surface area contributed by atoms with E-state index in [1.807, 2.05) is 17.3 Å². The molecule has 1 amide bonds. The molecule has 3 rings (SSSR count). The fourth-order valence-corrected chi connectivity index (χ4v) is 5.85. The Labute approximate surface area is 175 Å². The first kappa shape index (κ1) is 21.9. The molecule has 11 heteroatoms. The Morgan fingerprint density at radius 3 is 2.52 bits per heavy atom. The highest BCUT2D eigenvalue weighted by molar-refractivity contribution is 7.89. The summed E-state index contributed by atoms with van der Waals surface area (Å²) in [7, 11) is -1.78. The second kappa shape index (κ2) is 8.90. The van der Waals surface area contributed by atoms with Gasteiger partial charge in [0.05, 0.1) is 17.2 Å². The SMILES string of the molecule is CCc1nc(CN(C)CC(=O)N2CCN(S(=O)(=O)c3c(C)noc3C)CC2)cs1. The van der Waals surface area contributed by atoms with E-state index in [4.69, 9.17) is 4.52 Å². The molecular weight excluding hydrogens is 414 g/mol. The number of nitrogens with zero attached hydrogens (tertiary/aromatic N) is 5.